The monoisotopic (exact) mass is 246 g/mol. The van der Waals surface area contributed by atoms with Crippen LogP contribution in [0.5, 0.6) is 0 Å². The summed E-state index contributed by atoms with van der Waals surface area (Å²) in [5.41, 5.74) is 0. The van der Waals surface area contributed by atoms with Crippen LogP contribution in [0.1, 0.15) is 20.3 Å². The summed E-state index contributed by atoms with van der Waals surface area (Å²) in [6.07, 6.45) is 0.424. The number of nitrogens with zero attached hydrogens (tertiary/aromatic N) is 1. The van der Waals surface area contributed by atoms with Gasteiger partial charge in [-0.2, -0.15) is 0 Å². The van der Waals surface area contributed by atoms with E-state index in [-0.39, 0.29) is 12.1 Å². The summed E-state index contributed by atoms with van der Waals surface area (Å²) >= 11 is 0. The highest BCUT2D eigenvalue weighted by atomic mass is 16.5. The van der Waals surface area contributed by atoms with Gasteiger partial charge in [0.1, 0.15) is 0 Å². The molecule has 2 unspecified atom stereocenters. The number of likely N-dealkylation sites (N-methyl/N-ethyl adjacent to an activating group) is 1. The first-order valence-electron chi connectivity index (χ1n) is 5.62. The number of nitrogens with one attached hydrogen (secondary N) is 1. The Bertz CT molecular complexity index is 258. The number of hydrogen-bond acceptors (Lipinski definition) is 3. The molecule has 2 atom stereocenters. The van der Waals surface area contributed by atoms with Crippen LogP contribution in [0, 0.1) is 5.92 Å². The van der Waals surface area contributed by atoms with Gasteiger partial charge in [0, 0.05) is 20.7 Å². The highest BCUT2D eigenvalue weighted by molar-refractivity contribution is 5.74. The highest BCUT2D eigenvalue weighted by Gasteiger charge is 2.16. The summed E-state index contributed by atoms with van der Waals surface area (Å²) in [5, 5.41) is 11.4. The molecule has 0 fully saturated rings. The van der Waals surface area contributed by atoms with Crippen molar-refractivity contribution < 1.29 is 19.4 Å². The largest absolute Gasteiger partial charge is 0.481 e. The summed E-state index contributed by atoms with van der Waals surface area (Å²) in [6.45, 7) is 4.32. The van der Waals surface area contributed by atoms with Gasteiger partial charge in [-0.25, -0.2) is 4.79 Å². The quantitative estimate of drug-likeness (QED) is 0.695. The zero-order valence-corrected chi connectivity index (χ0v) is 10.9. The molecule has 0 bridgehead atoms. The lowest BCUT2D eigenvalue weighted by Crippen LogP contribution is -2.44. The predicted molar refractivity (Wildman–Crippen MR) is 63.9 cm³/mol. The average molecular weight is 246 g/mol. The van der Waals surface area contributed by atoms with E-state index in [1.54, 1.807) is 21.1 Å². The number of carbonyl (C=O) groups excluding carboxylic acids is 1. The lowest BCUT2D eigenvalue weighted by Gasteiger charge is -2.24. The molecule has 0 aromatic heterocycles. The Morgan fingerprint density at radius 3 is 2.47 bits per heavy atom. The molecule has 0 radical (unpaired) electrons. The third-order valence-electron chi connectivity index (χ3n) is 2.66. The summed E-state index contributed by atoms with van der Waals surface area (Å²) in [5.74, 6) is -1.29. The number of hydrogen-bond donors (Lipinski definition) is 2. The Kier molecular flexibility index (Phi) is 7.29. The number of carboxylic acids is 1. The average Bonchev–Trinajstić information content (AvgIpc) is 2.27. The maximum absolute atomic E-state index is 11.6. The van der Waals surface area contributed by atoms with E-state index in [1.807, 2.05) is 6.92 Å². The minimum atomic E-state index is -0.847. The van der Waals surface area contributed by atoms with Crippen LogP contribution in [0.25, 0.3) is 0 Å². The molecule has 6 heteroatoms. The van der Waals surface area contributed by atoms with Crippen molar-refractivity contribution in [3.8, 4) is 0 Å². The molecule has 17 heavy (non-hydrogen) atoms. The van der Waals surface area contributed by atoms with Gasteiger partial charge in [-0.05, 0) is 13.3 Å². The van der Waals surface area contributed by atoms with Crippen LogP contribution in [0.4, 0.5) is 4.79 Å². The summed E-state index contributed by atoms with van der Waals surface area (Å²) < 4.78 is 4.95. The topological polar surface area (TPSA) is 78.9 Å². The molecular formula is C11H22N2O4. The van der Waals surface area contributed by atoms with Crippen molar-refractivity contribution in [3.05, 3.63) is 0 Å². The van der Waals surface area contributed by atoms with Gasteiger partial charge in [0.25, 0.3) is 0 Å². The van der Waals surface area contributed by atoms with Crippen LogP contribution < -0.4 is 5.32 Å². The lowest BCUT2D eigenvalue weighted by molar-refractivity contribution is -0.141. The summed E-state index contributed by atoms with van der Waals surface area (Å²) in [6, 6.07) is -0.232. The van der Waals surface area contributed by atoms with Crippen LogP contribution in [0.3, 0.4) is 0 Å². The second-order valence-corrected chi connectivity index (χ2v) is 4.18. The third kappa shape index (κ3) is 6.11. The van der Waals surface area contributed by atoms with Gasteiger partial charge in [-0.1, -0.05) is 6.92 Å². The van der Waals surface area contributed by atoms with Gasteiger partial charge in [-0.3, -0.25) is 4.79 Å². The zero-order chi connectivity index (χ0) is 13.4. The van der Waals surface area contributed by atoms with E-state index in [0.717, 1.165) is 0 Å². The molecule has 2 N–H and O–H groups in total. The fourth-order valence-corrected chi connectivity index (χ4v) is 1.20. The van der Waals surface area contributed by atoms with E-state index in [0.29, 0.717) is 19.6 Å². The second-order valence-electron chi connectivity index (χ2n) is 4.18. The van der Waals surface area contributed by atoms with Crippen molar-refractivity contribution in [2.24, 2.45) is 5.92 Å². The fourth-order valence-electron chi connectivity index (χ4n) is 1.20. The van der Waals surface area contributed by atoms with Gasteiger partial charge < -0.3 is 20.1 Å². The molecule has 0 aromatic rings. The first-order valence-corrected chi connectivity index (χ1v) is 5.62. The van der Waals surface area contributed by atoms with Gasteiger partial charge >= 0.3 is 12.0 Å². The van der Waals surface area contributed by atoms with Crippen LogP contribution in [-0.2, 0) is 9.53 Å². The predicted octanol–water partition coefficient (Wildman–Crippen LogP) is 0.773. The first-order chi connectivity index (χ1) is 7.90. The van der Waals surface area contributed by atoms with E-state index in [1.165, 1.54) is 4.90 Å². The van der Waals surface area contributed by atoms with Crippen molar-refractivity contribution in [2.75, 3.05) is 27.3 Å². The smallest absolute Gasteiger partial charge is 0.317 e. The number of amides is 2. The molecule has 0 aliphatic rings. The van der Waals surface area contributed by atoms with Gasteiger partial charge in [0.2, 0.25) is 0 Å². The van der Waals surface area contributed by atoms with E-state index < -0.39 is 11.9 Å². The molecule has 2 amide bonds. The summed E-state index contributed by atoms with van der Waals surface area (Å²) in [7, 11) is 3.26. The van der Waals surface area contributed by atoms with Crippen molar-refractivity contribution in [1.82, 2.24) is 10.2 Å². The Hall–Kier alpha value is -1.30. The standard InChI is InChI=1S/C11H22N2O4/c1-8(10(14)15)5-6-12-11(16)13(3)9(2)7-17-4/h8-9H,5-7H2,1-4H3,(H,12,16)(H,14,15). The van der Waals surface area contributed by atoms with Crippen molar-refractivity contribution >= 4 is 12.0 Å². The van der Waals surface area contributed by atoms with Gasteiger partial charge in [0.15, 0.2) is 0 Å². The van der Waals surface area contributed by atoms with Crippen LogP contribution >= 0.6 is 0 Å². The van der Waals surface area contributed by atoms with Gasteiger partial charge in [-0.15, -0.1) is 0 Å². The molecule has 0 aromatic carbocycles. The molecule has 0 aliphatic carbocycles. The molecule has 0 spiro atoms. The number of aliphatic carboxylic acids is 1. The van der Waals surface area contributed by atoms with Crippen LogP contribution in [-0.4, -0.2) is 55.4 Å². The van der Waals surface area contributed by atoms with E-state index in [9.17, 15) is 9.59 Å². The first kappa shape index (κ1) is 15.7. The summed E-state index contributed by atoms with van der Waals surface area (Å²) in [4.78, 5) is 23.7. The molecule has 0 saturated carbocycles. The Labute approximate surface area is 102 Å². The Morgan fingerprint density at radius 2 is 2.00 bits per heavy atom. The number of urea groups is 1. The number of carbonyl (C=O) groups is 2. The second kappa shape index (κ2) is 7.89. The molecule has 100 valence electrons. The van der Waals surface area contributed by atoms with Crippen LogP contribution in [0.15, 0.2) is 0 Å². The maximum Gasteiger partial charge on any atom is 0.317 e. The Morgan fingerprint density at radius 1 is 1.41 bits per heavy atom. The van der Waals surface area contributed by atoms with Gasteiger partial charge in [0.05, 0.1) is 18.6 Å². The highest BCUT2D eigenvalue weighted by Crippen LogP contribution is 2.01. The molecule has 0 rings (SSSR count). The minimum Gasteiger partial charge on any atom is -0.481 e. The number of rotatable bonds is 7. The molecule has 0 aliphatic heterocycles. The maximum atomic E-state index is 11.6. The van der Waals surface area contributed by atoms with Crippen molar-refractivity contribution in [1.29, 1.82) is 0 Å². The van der Waals surface area contributed by atoms with Crippen LogP contribution in [0.2, 0.25) is 0 Å². The number of methoxy groups -OCH3 is 1. The normalized spacial score (nSPS) is 13.9. The van der Waals surface area contributed by atoms with E-state index in [4.69, 9.17) is 9.84 Å². The molecule has 6 nitrogen and oxygen atoms in total. The van der Waals surface area contributed by atoms with E-state index >= 15 is 0 Å². The number of ether oxygens (including phenoxy) is 1. The Balaban J connectivity index is 3.89. The molecular weight excluding hydrogens is 224 g/mol. The van der Waals surface area contributed by atoms with Crippen molar-refractivity contribution in [3.63, 3.8) is 0 Å². The lowest BCUT2D eigenvalue weighted by atomic mass is 10.1. The molecule has 0 heterocycles. The zero-order valence-electron chi connectivity index (χ0n) is 10.9. The minimum absolute atomic E-state index is 0.0168. The van der Waals surface area contributed by atoms with E-state index in [2.05, 4.69) is 5.32 Å². The van der Waals surface area contributed by atoms with Crippen molar-refractivity contribution in [2.45, 2.75) is 26.3 Å². The number of carboxylic acid groups (broad SMARTS) is 1. The SMILES string of the molecule is COCC(C)N(C)C(=O)NCCC(C)C(=O)O. The molecule has 0 saturated heterocycles. The third-order valence-corrected chi connectivity index (χ3v) is 2.66. The fraction of sp³-hybridized carbons (Fsp3) is 0.818.